The van der Waals surface area contributed by atoms with E-state index in [1.165, 1.54) is 0 Å². The van der Waals surface area contributed by atoms with Crippen LogP contribution in [0.1, 0.15) is 40.0 Å². The fourth-order valence-electron chi connectivity index (χ4n) is 0. The topological polar surface area (TPSA) is 80.9 Å². The van der Waals surface area contributed by atoms with Gasteiger partial charge in [0.25, 0.3) is 0 Å². The Hall–Kier alpha value is 0.771. The molecule has 0 aliphatic carbocycles. The summed E-state index contributed by atoms with van der Waals surface area (Å²) >= 11 is 0. The zero-order valence-electron chi connectivity index (χ0n) is 13.0. The van der Waals surface area contributed by atoms with Crippen LogP contribution in [0.3, 0.4) is 0 Å². The van der Waals surface area contributed by atoms with Gasteiger partial charge < -0.3 is 20.1 Å². The van der Waals surface area contributed by atoms with E-state index < -0.39 is 8.32 Å². The Kier molecular flexibility index (Phi) is 53.2. The molecule has 6 heteroatoms. The van der Waals surface area contributed by atoms with Crippen molar-refractivity contribution >= 4 is 8.32 Å². The minimum absolute atomic E-state index is 0. The van der Waals surface area contributed by atoms with Crippen molar-refractivity contribution in [2.75, 3.05) is 19.8 Å². The molecular weight excluding hydrogens is 284 g/mol. The quantitative estimate of drug-likeness (QED) is 0.600. The van der Waals surface area contributed by atoms with Gasteiger partial charge in [-0.2, -0.15) is 0 Å². The maximum atomic E-state index is 8.66. The zero-order chi connectivity index (χ0) is 14.7. The molecule has 0 radical (unpaired) electrons. The summed E-state index contributed by atoms with van der Waals surface area (Å²) in [6, 6.07) is 0. The van der Waals surface area contributed by atoms with Crippen LogP contribution in [0.25, 0.3) is 0 Å². The van der Waals surface area contributed by atoms with Crippen molar-refractivity contribution in [3.05, 3.63) is 0 Å². The Morgan fingerprint density at radius 1 is 0.667 bits per heavy atom. The normalized spacial score (nSPS) is 8.33. The molecule has 0 saturated heterocycles. The molecule has 0 bridgehead atoms. The van der Waals surface area contributed by atoms with E-state index in [4.69, 9.17) is 20.1 Å². The molecule has 0 aromatic heterocycles. The molecule has 0 rings (SSSR count). The predicted molar refractivity (Wildman–Crippen MR) is 77.7 cm³/mol. The summed E-state index contributed by atoms with van der Waals surface area (Å²) in [5, 5.41) is 23.6. The van der Waals surface area contributed by atoms with Crippen molar-refractivity contribution < 1.29 is 41.8 Å². The molecule has 0 unspecified atom stereocenters. The Balaban J connectivity index is -0.0000000412. The van der Waals surface area contributed by atoms with E-state index in [1.54, 1.807) is 0 Å². The molecule has 0 aromatic rings. The Labute approximate surface area is 129 Å². The second kappa shape index (κ2) is 30.6. The van der Waals surface area contributed by atoms with Crippen LogP contribution in [-0.2, 0) is 21.7 Å². The SMILES string of the molecule is CCCO.CCCO.CCCO.C[Si](C)(C)O.[Ti]. The Bertz CT molecular complexity index is 79.1. The van der Waals surface area contributed by atoms with Crippen LogP contribution in [0, 0.1) is 0 Å². The monoisotopic (exact) mass is 318 g/mol. The van der Waals surface area contributed by atoms with Crippen LogP contribution in [0.4, 0.5) is 0 Å². The van der Waals surface area contributed by atoms with Gasteiger partial charge in [-0.3, -0.25) is 0 Å². The third-order valence-corrected chi connectivity index (χ3v) is 0.671. The van der Waals surface area contributed by atoms with Gasteiger partial charge in [0.15, 0.2) is 8.32 Å². The number of hydrogen-bond acceptors (Lipinski definition) is 4. The van der Waals surface area contributed by atoms with E-state index in [0.717, 1.165) is 19.3 Å². The second-order valence-corrected chi connectivity index (χ2v) is 8.68. The zero-order valence-corrected chi connectivity index (χ0v) is 15.6. The first-order chi connectivity index (χ1) is 7.74. The Morgan fingerprint density at radius 3 is 0.722 bits per heavy atom. The van der Waals surface area contributed by atoms with Gasteiger partial charge in [-0.15, -0.1) is 0 Å². The van der Waals surface area contributed by atoms with Gasteiger partial charge in [0, 0.05) is 41.5 Å². The molecule has 0 saturated carbocycles. The van der Waals surface area contributed by atoms with Gasteiger partial charge in [0.05, 0.1) is 0 Å². The molecule has 0 heterocycles. The molecule has 4 N–H and O–H groups in total. The first kappa shape index (κ1) is 31.3. The van der Waals surface area contributed by atoms with Crippen LogP contribution >= 0.6 is 0 Å². The number of aliphatic hydroxyl groups is 3. The number of aliphatic hydroxyl groups excluding tert-OH is 3. The summed E-state index contributed by atoms with van der Waals surface area (Å²) in [6.45, 7) is 12.4. The maximum absolute atomic E-state index is 8.66. The summed E-state index contributed by atoms with van der Waals surface area (Å²) in [4.78, 5) is 8.66. The van der Waals surface area contributed by atoms with Crippen LogP contribution in [0.15, 0.2) is 0 Å². The van der Waals surface area contributed by atoms with Gasteiger partial charge in [-0.25, -0.2) is 0 Å². The number of hydrogen-bond donors (Lipinski definition) is 4. The first-order valence-corrected chi connectivity index (χ1v) is 9.74. The molecule has 0 aromatic carbocycles. The minimum atomic E-state index is -1.61. The van der Waals surface area contributed by atoms with Crippen molar-refractivity contribution in [2.45, 2.75) is 59.7 Å². The van der Waals surface area contributed by atoms with E-state index in [0.29, 0.717) is 19.8 Å². The molecule has 0 aliphatic heterocycles. The molecular formula is C12H34O4SiTi. The maximum Gasteiger partial charge on any atom is 0.179 e. The molecule has 0 atom stereocenters. The van der Waals surface area contributed by atoms with E-state index in [1.807, 2.05) is 40.4 Å². The Morgan fingerprint density at radius 2 is 0.722 bits per heavy atom. The van der Waals surface area contributed by atoms with E-state index >= 15 is 0 Å². The summed E-state index contributed by atoms with van der Waals surface area (Å²) in [7, 11) is -1.61. The fraction of sp³-hybridized carbons (Fsp3) is 1.00. The molecule has 0 aliphatic rings. The van der Waals surface area contributed by atoms with Crippen LogP contribution in [-0.4, -0.2) is 48.3 Å². The summed E-state index contributed by atoms with van der Waals surface area (Å²) in [5.74, 6) is 0. The van der Waals surface area contributed by atoms with Crippen molar-refractivity contribution in [3.63, 3.8) is 0 Å². The summed E-state index contributed by atoms with van der Waals surface area (Å²) < 4.78 is 0. The van der Waals surface area contributed by atoms with Gasteiger partial charge >= 0.3 is 0 Å². The van der Waals surface area contributed by atoms with E-state index in [-0.39, 0.29) is 21.7 Å². The fourth-order valence-corrected chi connectivity index (χ4v) is 0. The smallest absolute Gasteiger partial charge is 0.179 e. The van der Waals surface area contributed by atoms with E-state index in [2.05, 4.69) is 0 Å². The molecule has 0 amide bonds. The standard InChI is InChI=1S/C3H10OSi.3C3H8O.Ti/c1-5(2,3)4;3*1-2-3-4;/h4H,1-3H3;3*4H,2-3H2,1H3;. The third-order valence-electron chi connectivity index (χ3n) is 0.671. The van der Waals surface area contributed by atoms with Gasteiger partial charge in [0.2, 0.25) is 0 Å². The molecule has 18 heavy (non-hydrogen) atoms. The molecule has 0 fully saturated rings. The van der Waals surface area contributed by atoms with Crippen LogP contribution in [0.5, 0.6) is 0 Å². The van der Waals surface area contributed by atoms with Crippen molar-refractivity contribution in [1.82, 2.24) is 0 Å². The largest absolute Gasteiger partial charge is 0.433 e. The summed E-state index contributed by atoms with van der Waals surface area (Å²) in [6.07, 6.45) is 2.62. The average Bonchev–Trinajstić information content (AvgIpc) is 2.27. The van der Waals surface area contributed by atoms with Crippen LogP contribution < -0.4 is 0 Å². The third kappa shape index (κ3) is 293. The first-order valence-electron chi connectivity index (χ1n) is 6.29. The molecule has 0 spiro atoms. The van der Waals surface area contributed by atoms with Gasteiger partial charge in [-0.1, -0.05) is 20.8 Å². The van der Waals surface area contributed by atoms with Crippen LogP contribution in [0.2, 0.25) is 19.6 Å². The van der Waals surface area contributed by atoms with Crippen molar-refractivity contribution in [2.24, 2.45) is 0 Å². The van der Waals surface area contributed by atoms with Crippen molar-refractivity contribution in [1.29, 1.82) is 0 Å². The van der Waals surface area contributed by atoms with Gasteiger partial charge in [-0.05, 0) is 38.9 Å². The van der Waals surface area contributed by atoms with Crippen molar-refractivity contribution in [3.8, 4) is 0 Å². The molecule has 114 valence electrons. The minimum Gasteiger partial charge on any atom is -0.433 e. The predicted octanol–water partition coefficient (Wildman–Crippen LogP) is 1.98. The van der Waals surface area contributed by atoms with E-state index in [9.17, 15) is 0 Å². The second-order valence-electron chi connectivity index (χ2n) is 4.34. The van der Waals surface area contributed by atoms with Gasteiger partial charge in [0.1, 0.15) is 0 Å². The average molecular weight is 318 g/mol. The molecule has 4 nitrogen and oxygen atoms in total. The number of rotatable bonds is 3. The summed E-state index contributed by atoms with van der Waals surface area (Å²) in [5.41, 5.74) is 0.